The van der Waals surface area contributed by atoms with Crippen LogP contribution in [0.15, 0.2) is 24.3 Å². The Hall–Kier alpha value is -1.57. The number of hydrogen-bond acceptors (Lipinski definition) is 4. The Balaban J connectivity index is 2.54. The average molecular weight is 289 g/mol. The van der Waals surface area contributed by atoms with E-state index >= 15 is 0 Å². The summed E-state index contributed by atoms with van der Waals surface area (Å²) in [5, 5.41) is 12.6. The monoisotopic (exact) mass is 289 g/mol. The second kappa shape index (κ2) is 9.38. The van der Waals surface area contributed by atoms with Gasteiger partial charge in [-0.3, -0.25) is 5.32 Å². The summed E-state index contributed by atoms with van der Waals surface area (Å²) in [6, 6.07) is 9.80. The number of rotatable bonds is 9. The van der Waals surface area contributed by atoms with Crippen LogP contribution in [-0.4, -0.2) is 37.2 Å². The fourth-order valence-electron chi connectivity index (χ4n) is 2.16. The van der Waals surface area contributed by atoms with E-state index in [-0.39, 0.29) is 12.1 Å². The molecule has 0 fully saturated rings. The molecule has 0 radical (unpaired) electrons. The molecule has 1 unspecified atom stereocenters. The molecule has 1 aromatic rings. The predicted molar refractivity (Wildman–Crippen MR) is 86.4 cm³/mol. The first kappa shape index (κ1) is 17.5. The van der Waals surface area contributed by atoms with Crippen LogP contribution in [0.2, 0.25) is 0 Å². The molecule has 1 aromatic carbocycles. The van der Waals surface area contributed by atoms with E-state index in [1.165, 1.54) is 0 Å². The van der Waals surface area contributed by atoms with Gasteiger partial charge >= 0.3 is 0 Å². The number of benzene rings is 1. The van der Waals surface area contributed by atoms with Gasteiger partial charge in [0.1, 0.15) is 11.8 Å². The van der Waals surface area contributed by atoms with E-state index in [9.17, 15) is 5.26 Å². The largest absolute Gasteiger partial charge is 0.491 e. The molecule has 4 nitrogen and oxygen atoms in total. The second-order valence-electron chi connectivity index (χ2n) is 5.28. The normalized spacial score (nSPS) is 12.4. The van der Waals surface area contributed by atoms with Gasteiger partial charge in [-0.2, -0.15) is 5.26 Å². The van der Waals surface area contributed by atoms with Crippen LogP contribution in [0, 0.1) is 11.3 Å². The molecule has 0 aliphatic heterocycles. The Morgan fingerprint density at radius 2 is 1.81 bits per heavy atom. The minimum absolute atomic E-state index is 0.162. The highest BCUT2D eigenvalue weighted by Crippen LogP contribution is 2.18. The Bertz CT molecular complexity index is 432. The molecular formula is C17H27N3O. The van der Waals surface area contributed by atoms with Crippen LogP contribution < -0.4 is 10.1 Å². The topological polar surface area (TPSA) is 48.3 Å². The lowest BCUT2D eigenvalue weighted by atomic mass is 10.1. The summed E-state index contributed by atoms with van der Waals surface area (Å²) in [4.78, 5) is 2.33. The molecular weight excluding hydrogens is 262 g/mol. The Morgan fingerprint density at radius 3 is 2.29 bits per heavy atom. The molecule has 0 spiro atoms. The molecule has 0 amide bonds. The lowest BCUT2D eigenvalue weighted by Gasteiger charge is -2.19. The third-order valence-electron chi connectivity index (χ3n) is 3.39. The lowest BCUT2D eigenvalue weighted by molar-refractivity contribution is 0.242. The highest BCUT2D eigenvalue weighted by Gasteiger charge is 2.10. The van der Waals surface area contributed by atoms with Gasteiger partial charge in [0, 0.05) is 13.1 Å². The van der Waals surface area contributed by atoms with Crippen molar-refractivity contribution in [1.82, 2.24) is 10.2 Å². The summed E-state index contributed by atoms with van der Waals surface area (Å²) in [6.07, 6.45) is 0.162. The summed E-state index contributed by atoms with van der Waals surface area (Å²) < 4.78 is 5.61. The number of nitriles is 1. The number of hydrogen-bond donors (Lipinski definition) is 1. The van der Waals surface area contributed by atoms with Crippen molar-refractivity contribution >= 4 is 0 Å². The third-order valence-corrected chi connectivity index (χ3v) is 3.39. The fraction of sp³-hybridized carbons (Fsp3) is 0.588. The van der Waals surface area contributed by atoms with Crippen molar-refractivity contribution in [1.29, 1.82) is 5.26 Å². The van der Waals surface area contributed by atoms with Crippen LogP contribution in [0.3, 0.4) is 0 Å². The Labute approximate surface area is 128 Å². The Kier molecular flexibility index (Phi) is 7.81. The van der Waals surface area contributed by atoms with Crippen molar-refractivity contribution in [3.05, 3.63) is 29.8 Å². The smallest absolute Gasteiger partial charge is 0.121 e. The van der Waals surface area contributed by atoms with Crippen LogP contribution >= 0.6 is 0 Å². The van der Waals surface area contributed by atoms with Crippen molar-refractivity contribution < 1.29 is 4.74 Å². The molecule has 1 atom stereocenters. The van der Waals surface area contributed by atoms with Crippen molar-refractivity contribution in [3.63, 3.8) is 0 Å². The molecule has 0 aliphatic rings. The van der Waals surface area contributed by atoms with E-state index in [1.54, 1.807) is 0 Å². The van der Waals surface area contributed by atoms with Crippen LogP contribution in [0.1, 0.15) is 39.3 Å². The van der Waals surface area contributed by atoms with E-state index in [2.05, 4.69) is 30.1 Å². The molecule has 0 heterocycles. The summed E-state index contributed by atoms with van der Waals surface area (Å²) in [5.41, 5.74) is 0.980. The number of likely N-dealkylation sites (N-methyl/N-ethyl adjacent to an activating group) is 1. The summed E-state index contributed by atoms with van der Waals surface area (Å²) >= 11 is 0. The summed E-state index contributed by atoms with van der Waals surface area (Å²) in [5.74, 6) is 0.841. The molecule has 0 aliphatic carbocycles. The third kappa shape index (κ3) is 6.16. The van der Waals surface area contributed by atoms with Crippen LogP contribution in [-0.2, 0) is 0 Å². The number of ether oxygens (including phenoxy) is 1. The van der Waals surface area contributed by atoms with Gasteiger partial charge in [-0.25, -0.2) is 0 Å². The first-order chi connectivity index (χ1) is 10.1. The molecule has 4 heteroatoms. The van der Waals surface area contributed by atoms with Gasteiger partial charge in [0.05, 0.1) is 12.2 Å². The molecule has 1 N–H and O–H groups in total. The van der Waals surface area contributed by atoms with Gasteiger partial charge in [-0.1, -0.05) is 26.0 Å². The van der Waals surface area contributed by atoms with E-state index in [1.807, 2.05) is 38.1 Å². The highest BCUT2D eigenvalue weighted by atomic mass is 16.5. The summed E-state index contributed by atoms with van der Waals surface area (Å²) in [6.45, 7) is 12.1. The maximum absolute atomic E-state index is 9.32. The van der Waals surface area contributed by atoms with Crippen molar-refractivity contribution in [2.45, 2.75) is 39.8 Å². The van der Waals surface area contributed by atoms with Gasteiger partial charge < -0.3 is 9.64 Å². The van der Waals surface area contributed by atoms with Crippen LogP contribution in [0.4, 0.5) is 0 Å². The maximum Gasteiger partial charge on any atom is 0.121 e. The SMILES string of the molecule is CCN(CC)CCNC(C#N)c1ccc(OC(C)C)cc1. The fourth-order valence-corrected chi connectivity index (χ4v) is 2.16. The zero-order valence-corrected chi connectivity index (χ0v) is 13.6. The van der Waals surface area contributed by atoms with Crippen LogP contribution in [0.25, 0.3) is 0 Å². The van der Waals surface area contributed by atoms with Gasteiger partial charge in [-0.15, -0.1) is 0 Å². The van der Waals surface area contributed by atoms with Crippen LogP contribution in [0.5, 0.6) is 5.75 Å². The lowest BCUT2D eigenvalue weighted by Crippen LogP contribution is -2.33. The van der Waals surface area contributed by atoms with E-state index in [4.69, 9.17) is 4.74 Å². The zero-order chi connectivity index (χ0) is 15.7. The highest BCUT2D eigenvalue weighted by molar-refractivity contribution is 5.31. The van der Waals surface area contributed by atoms with Gasteiger partial charge in [0.15, 0.2) is 0 Å². The van der Waals surface area contributed by atoms with Crippen molar-refractivity contribution in [3.8, 4) is 11.8 Å². The maximum atomic E-state index is 9.32. The number of nitrogens with zero attached hydrogens (tertiary/aromatic N) is 2. The predicted octanol–water partition coefficient (Wildman–Crippen LogP) is 2.97. The van der Waals surface area contributed by atoms with E-state index < -0.39 is 0 Å². The standard InChI is InChI=1S/C17H27N3O/c1-5-20(6-2)12-11-19-17(13-18)15-7-9-16(10-8-15)21-14(3)4/h7-10,14,17,19H,5-6,11-12H2,1-4H3. The van der Waals surface area contributed by atoms with Gasteiger partial charge in [0.25, 0.3) is 0 Å². The van der Waals surface area contributed by atoms with Gasteiger partial charge in [0.2, 0.25) is 0 Å². The first-order valence-corrected chi connectivity index (χ1v) is 7.72. The zero-order valence-electron chi connectivity index (χ0n) is 13.6. The summed E-state index contributed by atoms with van der Waals surface area (Å²) in [7, 11) is 0. The molecule has 21 heavy (non-hydrogen) atoms. The van der Waals surface area contributed by atoms with Crippen molar-refractivity contribution in [2.75, 3.05) is 26.2 Å². The van der Waals surface area contributed by atoms with Gasteiger partial charge in [-0.05, 0) is 44.6 Å². The van der Waals surface area contributed by atoms with E-state index in [0.717, 1.165) is 37.5 Å². The number of nitrogens with one attached hydrogen (secondary N) is 1. The quantitative estimate of drug-likeness (QED) is 0.759. The molecule has 116 valence electrons. The molecule has 0 bridgehead atoms. The minimum atomic E-state index is -0.270. The van der Waals surface area contributed by atoms with Crippen molar-refractivity contribution in [2.24, 2.45) is 0 Å². The first-order valence-electron chi connectivity index (χ1n) is 7.72. The average Bonchev–Trinajstić information content (AvgIpc) is 2.48. The molecule has 0 saturated heterocycles. The Morgan fingerprint density at radius 1 is 1.19 bits per heavy atom. The molecule has 0 saturated carbocycles. The minimum Gasteiger partial charge on any atom is -0.491 e. The molecule has 0 aromatic heterocycles. The second-order valence-corrected chi connectivity index (χ2v) is 5.28. The molecule has 1 rings (SSSR count). The van der Waals surface area contributed by atoms with E-state index in [0.29, 0.717) is 0 Å².